The van der Waals surface area contributed by atoms with E-state index in [-0.39, 0.29) is 18.9 Å². The highest BCUT2D eigenvalue weighted by molar-refractivity contribution is 5.76. The van der Waals surface area contributed by atoms with Crippen molar-refractivity contribution in [2.45, 2.75) is 312 Å². The number of hydrogen-bond acceptors (Lipinski definition) is 13. The molecule has 0 aromatic heterocycles. The van der Waals surface area contributed by atoms with E-state index in [1.54, 1.807) is 6.08 Å². The third-order valence-electron chi connectivity index (χ3n) is 14.6. The highest BCUT2D eigenvalue weighted by Crippen LogP contribution is 2.30. The summed E-state index contributed by atoms with van der Waals surface area (Å²) in [5, 5.41) is 87.0. The standard InChI is InChI=1S/C59H109NO13/c1-3-5-7-9-11-13-15-17-19-20-21-22-23-24-25-26-27-28-29-30-32-34-36-38-40-42-48(63)47(60-51(64)43-41-39-37-35-33-31-18-16-14-12-10-8-6-4-2)46-70-58-56(69)54(67)57(50(45-62)72-58)73-59-55(68)53(66)52(65)49(44-61)71-59/h27-28,32,34,40,42,47-50,52-59,61-63,65-69H,3-26,29-31,33,35-39,41,43-46H2,1-2H3,(H,60,64)/b28-27+,34-32+,42-40+. The number of ether oxygens (including phenoxy) is 4. The van der Waals surface area contributed by atoms with Gasteiger partial charge in [0.1, 0.15) is 48.8 Å². The van der Waals surface area contributed by atoms with E-state index < -0.39 is 86.8 Å². The average Bonchev–Trinajstić information content (AvgIpc) is 3.39. The zero-order chi connectivity index (χ0) is 53.2. The van der Waals surface area contributed by atoms with Gasteiger partial charge in [-0.05, 0) is 44.9 Å². The van der Waals surface area contributed by atoms with E-state index in [1.165, 1.54) is 161 Å². The first-order valence-corrected chi connectivity index (χ1v) is 29.7. The highest BCUT2D eigenvalue weighted by Gasteiger charge is 2.51. The molecule has 0 aromatic carbocycles. The van der Waals surface area contributed by atoms with Gasteiger partial charge in [-0.25, -0.2) is 0 Å². The van der Waals surface area contributed by atoms with Crippen LogP contribution in [0.25, 0.3) is 0 Å². The normalized spacial score (nSPS) is 25.6. The van der Waals surface area contributed by atoms with Gasteiger partial charge in [-0.3, -0.25) is 4.79 Å². The van der Waals surface area contributed by atoms with Crippen LogP contribution in [0.1, 0.15) is 239 Å². The molecule has 0 aliphatic carbocycles. The van der Waals surface area contributed by atoms with E-state index in [0.717, 1.165) is 44.9 Å². The van der Waals surface area contributed by atoms with Crippen molar-refractivity contribution in [1.82, 2.24) is 5.32 Å². The topological polar surface area (TPSA) is 228 Å². The maximum atomic E-state index is 13.2. The average molecular weight is 1040 g/mol. The molecule has 14 nitrogen and oxygen atoms in total. The van der Waals surface area contributed by atoms with Gasteiger partial charge in [-0.15, -0.1) is 0 Å². The predicted molar refractivity (Wildman–Crippen MR) is 291 cm³/mol. The Morgan fingerprint density at radius 1 is 0.479 bits per heavy atom. The van der Waals surface area contributed by atoms with Gasteiger partial charge in [-0.2, -0.15) is 0 Å². The summed E-state index contributed by atoms with van der Waals surface area (Å²) in [7, 11) is 0. The highest BCUT2D eigenvalue weighted by atomic mass is 16.7. The third kappa shape index (κ3) is 31.3. The van der Waals surface area contributed by atoms with Gasteiger partial charge in [0.15, 0.2) is 12.6 Å². The van der Waals surface area contributed by atoms with Crippen LogP contribution in [-0.4, -0.2) is 140 Å². The number of nitrogens with one attached hydrogen (secondary N) is 1. The summed E-state index contributed by atoms with van der Waals surface area (Å²) in [5.74, 6) is -0.252. The minimum atomic E-state index is -1.79. The zero-order valence-corrected chi connectivity index (χ0v) is 45.9. The number of aliphatic hydroxyl groups is 8. The van der Waals surface area contributed by atoms with Gasteiger partial charge in [0.25, 0.3) is 0 Å². The van der Waals surface area contributed by atoms with E-state index >= 15 is 0 Å². The number of rotatable bonds is 47. The fourth-order valence-electron chi connectivity index (χ4n) is 9.74. The predicted octanol–water partition coefficient (Wildman–Crippen LogP) is 9.83. The van der Waals surface area contributed by atoms with Gasteiger partial charge >= 0.3 is 0 Å². The maximum absolute atomic E-state index is 13.2. The number of carbonyl (C=O) groups excluding carboxylic acids is 1. The molecular formula is C59H109NO13. The Morgan fingerprint density at radius 3 is 1.34 bits per heavy atom. The molecule has 0 radical (unpaired) electrons. The van der Waals surface area contributed by atoms with Crippen LogP contribution < -0.4 is 5.32 Å². The van der Waals surface area contributed by atoms with Crippen LogP contribution in [0.5, 0.6) is 0 Å². The quantitative estimate of drug-likeness (QED) is 0.0205. The van der Waals surface area contributed by atoms with Crippen molar-refractivity contribution in [2.75, 3.05) is 19.8 Å². The van der Waals surface area contributed by atoms with E-state index in [1.807, 2.05) is 6.08 Å². The fraction of sp³-hybridized carbons (Fsp3) is 0.881. The van der Waals surface area contributed by atoms with Crippen LogP contribution in [0, 0.1) is 0 Å². The van der Waals surface area contributed by atoms with Crippen LogP contribution in [0.4, 0.5) is 0 Å². The molecule has 1 amide bonds. The smallest absolute Gasteiger partial charge is 0.220 e. The monoisotopic (exact) mass is 1040 g/mol. The largest absolute Gasteiger partial charge is 0.394 e. The second kappa shape index (κ2) is 45.3. The van der Waals surface area contributed by atoms with Crippen molar-refractivity contribution in [1.29, 1.82) is 0 Å². The summed E-state index contributed by atoms with van der Waals surface area (Å²) >= 11 is 0. The Balaban J connectivity index is 1.78. The van der Waals surface area contributed by atoms with Crippen molar-refractivity contribution in [3.05, 3.63) is 36.5 Å². The molecule has 2 rings (SSSR count). The number of unbranched alkanes of at least 4 members (excludes halogenated alkanes) is 30. The van der Waals surface area contributed by atoms with Crippen LogP contribution >= 0.6 is 0 Å². The van der Waals surface area contributed by atoms with Gasteiger partial charge in [0.2, 0.25) is 5.91 Å². The first kappa shape index (κ1) is 67.3. The lowest BCUT2D eigenvalue weighted by Crippen LogP contribution is -2.65. The Bertz CT molecular complexity index is 1370. The number of carbonyl (C=O) groups is 1. The van der Waals surface area contributed by atoms with Crippen molar-refractivity contribution in [2.24, 2.45) is 0 Å². The zero-order valence-electron chi connectivity index (χ0n) is 45.9. The first-order valence-electron chi connectivity index (χ1n) is 29.7. The summed E-state index contributed by atoms with van der Waals surface area (Å²) in [5.41, 5.74) is 0. The Morgan fingerprint density at radius 2 is 0.877 bits per heavy atom. The van der Waals surface area contributed by atoms with Crippen LogP contribution in [-0.2, 0) is 23.7 Å². The lowest BCUT2D eigenvalue weighted by atomic mass is 9.97. The molecule has 0 saturated carbocycles. The fourth-order valence-corrected chi connectivity index (χ4v) is 9.74. The number of hydrogen-bond donors (Lipinski definition) is 9. The summed E-state index contributed by atoms with van der Waals surface area (Å²) in [6.45, 7) is 2.78. The van der Waals surface area contributed by atoms with Crippen molar-refractivity contribution in [3.63, 3.8) is 0 Å². The van der Waals surface area contributed by atoms with Gasteiger partial charge in [-0.1, -0.05) is 224 Å². The molecule has 12 unspecified atom stereocenters. The molecule has 2 saturated heterocycles. The molecule has 73 heavy (non-hydrogen) atoms. The Labute approximate surface area is 442 Å². The molecule has 2 fully saturated rings. The minimum absolute atomic E-state index is 0.252. The molecule has 14 heteroatoms. The SMILES string of the molecule is CCCCCCCCCCCCCCCCC/C=C/CC/C=C/CC/C=C/C(O)C(COC1OC(CO)C(OC2OC(CO)C(O)C(O)C2O)C(O)C1O)NC(=O)CCCCCCCCCCCCCCCC. The van der Waals surface area contributed by atoms with Gasteiger partial charge in [0.05, 0.1) is 32.0 Å². The van der Waals surface area contributed by atoms with Gasteiger partial charge in [0, 0.05) is 6.42 Å². The molecule has 0 aromatic rings. The molecule has 2 aliphatic rings. The maximum Gasteiger partial charge on any atom is 0.220 e. The van der Waals surface area contributed by atoms with Crippen LogP contribution in [0.15, 0.2) is 36.5 Å². The third-order valence-corrected chi connectivity index (χ3v) is 14.6. The van der Waals surface area contributed by atoms with E-state index in [4.69, 9.17) is 18.9 Å². The number of allylic oxidation sites excluding steroid dienone is 5. The van der Waals surface area contributed by atoms with E-state index in [2.05, 4.69) is 43.5 Å². The molecular weight excluding hydrogens is 931 g/mol. The molecule has 12 atom stereocenters. The summed E-state index contributed by atoms with van der Waals surface area (Å²) in [4.78, 5) is 13.2. The lowest BCUT2D eigenvalue weighted by Gasteiger charge is -2.46. The summed E-state index contributed by atoms with van der Waals surface area (Å²) in [6.07, 6.45) is 37.6. The molecule has 2 heterocycles. The van der Waals surface area contributed by atoms with Crippen LogP contribution in [0.2, 0.25) is 0 Å². The molecule has 0 spiro atoms. The van der Waals surface area contributed by atoms with Crippen molar-refractivity contribution < 1.29 is 64.6 Å². The Kier molecular flexibility index (Phi) is 41.7. The van der Waals surface area contributed by atoms with E-state index in [0.29, 0.717) is 12.8 Å². The minimum Gasteiger partial charge on any atom is -0.394 e. The number of aliphatic hydroxyl groups excluding tert-OH is 8. The first-order chi connectivity index (χ1) is 35.6. The van der Waals surface area contributed by atoms with Gasteiger partial charge < -0.3 is 65.1 Å². The van der Waals surface area contributed by atoms with Crippen molar-refractivity contribution >= 4 is 5.91 Å². The summed E-state index contributed by atoms with van der Waals surface area (Å²) in [6, 6.07) is -0.935. The lowest BCUT2D eigenvalue weighted by molar-refractivity contribution is -0.359. The molecule has 2 aliphatic heterocycles. The molecule has 428 valence electrons. The van der Waals surface area contributed by atoms with Crippen molar-refractivity contribution in [3.8, 4) is 0 Å². The molecule has 9 N–H and O–H groups in total. The second-order valence-electron chi connectivity index (χ2n) is 21.1. The van der Waals surface area contributed by atoms with Crippen LogP contribution in [0.3, 0.4) is 0 Å². The summed E-state index contributed by atoms with van der Waals surface area (Å²) < 4.78 is 22.7. The Hall–Kier alpha value is -1.79. The van der Waals surface area contributed by atoms with E-state index in [9.17, 15) is 45.6 Å². The number of amides is 1. The molecule has 0 bridgehead atoms. The second-order valence-corrected chi connectivity index (χ2v) is 21.1.